The maximum Gasteiger partial charge on any atom is 0.162 e. The molecule has 0 aromatic rings. The van der Waals surface area contributed by atoms with Gasteiger partial charge < -0.3 is 5.11 Å². The summed E-state index contributed by atoms with van der Waals surface area (Å²) in [5.74, 6) is 5.06. The summed E-state index contributed by atoms with van der Waals surface area (Å²) in [5.41, 5.74) is 0.728. The van der Waals surface area contributed by atoms with E-state index in [1.54, 1.807) is 0 Å². The molecule has 1 N–H and O–H groups in total. The van der Waals surface area contributed by atoms with Gasteiger partial charge in [0.2, 0.25) is 0 Å². The monoisotopic (exact) mass is 296 g/mol. The second-order valence-corrected chi connectivity index (χ2v) is 8.07. The first-order valence-corrected chi connectivity index (χ1v) is 9.16. The number of carbonyl (C=O) groups is 1. The third-order valence-electron chi connectivity index (χ3n) is 5.11. The molecule has 0 bridgehead atoms. The molecule has 2 rings (SSSR count). The van der Waals surface area contributed by atoms with Crippen LogP contribution in [0.25, 0.3) is 0 Å². The SMILES string of the molecule is CC(C)C(C)CC1=C(O)CC(C2CCCSC2)CC1=O. The molecule has 114 valence electrons. The summed E-state index contributed by atoms with van der Waals surface area (Å²) in [6.07, 6.45) is 4.64. The Bertz CT molecular complexity index is 380. The van der Waals surface area contributed by atoms with Gasteiger partial charge in [0.15, 0.2) is 5.78 Å². The van der Waals surface area contributed by atoms with E-state index in [9.17, 15) is 9.90 Å². The molecule has 0 amide bonds. The van der Waals surface area contributed by atoms with Gasteiger partial charge in [-0.1, -0.05) is 20.8 Å². The van der Waals surface area contributed by atoms with Crippen molar-refractivity contribution in [1.82, 2.24) is 0 Å². The van der Waals surface area contributed by atoms with Gasteiger partial charge in [-0.05, 0) is 54.4 Å². The fourth-order valence-corrected chi connectivity index (χ4v) is 4.51. The predicted molar refractivity (Wildman–Crippen MR) is 86.1 cm³/mol. The molecule has 1 aliphatic carbocycles. The maximum absolute atomic E-state index is 12.4. The van der Waals surface area contributed by atoms with Crippen LogP contribution in [0.15, 0.2) is 11.3 Å². The van der Waals surface area contributed by atoms with E-state index in [1.807, 2.05) is 11.8 Å². The molecular weight excluding hydrogens is 268 g/mol. The Balaban J connectivity index is 2.02. The zero-order valence-electron chi connectivity index (χ0n) is 13.0. The lowest BCUT2D eigenvalue weighted by Crippen LogP contribution is -2.29. The minimum atomic E-state index is 0.210. The van der Waals surface area contributed by atoms with Gasteiger partial charge in [-0.3, -0.25) is 4.79 Å². The number of aliphatic hydroxyl groups is 1. The predicted octanol–water partition coefficient (Wildman–Crippen LogP) is 4.60. The first-order chi connectivity index (χ1) is 9.49. The summed E-state index contributed by atoms with van der Waals surface area (Å²) < 4.78 is 0. The highest BCUT2D eigenvalue weighted by Gasteiger charge is 2.33. The van der Waals surface area contributed by atoms with Gasteiger partial charge in [-0.2, -0.15) is 11.8 Å². The summed E-state index contributed by atoms with van der Waals surface area (Å²) in [6, 6.07) is 0. The Morgan fingerprint density at radius 2 is 2.00 bits per heavy atom. The molecule has 2 nitrogen and oxygen atoms in total. The highest BCUT2D eigenvalue weighted by Crippen LogP contribution is 2.39. The van der Waals surface area contributed by atoms with Gasteiger partial charge in [0.05, 0.1) is 5.76 Å². The standard InChI is InChI=1S/C17H28O2S/c1-11(2)12(3)7-15-16(18)8-14(9-17(15)19)13-5-4-6-20-10-13/h11-14,18H,4-10H2,1-3H3. The maximum atomic E-state index is 12.4. The van der Waals surface area contributed by atoms with Gasteiger partial charge in [-0.25, -0.2) is 0 Å². The van der Waals surface area contributed by atoms with Crippen LogP contribution in [0.1, 0.15) is 52.9 Å². The summed E-state index contributed by atoms with van der Waals surface area (Å²) in [7, 11) is 0. The van der Waals surface area contributed by atoms with E-state index >= 15 is 0 Å². The zero-order valence-corrected chi connectivity index (χ0v) is 13.8. The lowest BCUT2D eigenvalue weighted by Gasteiger charge is -2.33. The van der Waals surface area contributed by atoms with Gasteiger partial charge in [0, 0.05) is 18.4 Å². The smallest absolute Gasteiger partial charge is 0.162 e. The number of carbonyl (C=O) groups excluding carboxylic acids is 1. The van der Waals surface area contributed by atoms with Crippen molar-refractivity contribution in [1.29, 1.82) is 0 Å². The van der Waals surface area contributed by atoms with Crippen LogP contribution in [-0.2, 0) is 4.79 Å². The van der Waals surface area contributed by atoms with E-state index in [2.05, 4.69) is 20.8 Å². The number of Topliss-reactive ketones (excluding diaryl/α,β-unsaturated/α-hetero) is 1. The zero-order chi connectivity index (χ0) is 14.7. The minimum Gasteiger partial charge on any atom is -0.512 e. The van der Waals surface area contributed by atoms with Gasteiger partial charge in [0.1, 0.15) is 0 Å². The molecular formula is C17H28O2S. The summed E-state index contributed by atoms with van der Waals surface area (Å²) in [4.78, 5) is 12.4. The average Bonchev–Trinajstić information content (AvgIpc) is 2.43. The molecule has 20 heavy (non-hydrogen) atoms. The van der Waals surface area contributed by atoms with Crippen LogP contribution >= 0.6 is 11.8 Å². The number of allylic oxidation sites excluding steroid dienone is 2. The highest BCUT2D eigenvalue weighted by molar-refractivity contribution is 7.99. The normalized spacial score (nSPS) is 29.9. The van der Waals surface area contributed by atoms with Crippen LogP contribution < -0.4 is 0 Å². The summed E-state index contributed by atoms with van der Waals surface area (Å²) >= 11 is 2.01. The Kier molecular flexibility index (Phi) is 5.59. The highest BCUT2D eigenvalue weighted by atomic mass is 32.2. The fourth-order valence-electron chi connectivity index (χ4n) is 3.23. The Morgan fingerprint density at radius 3 is 2.55 bits per heavy atom. The molecule has 3 heteroatoms. The molecule has 0 radical (unpaired) electrons. The number of ketones is 1. The van der Waals surface area contributed by atoms with Crippen LogP contribution in [0.3, 0.4) is 0 Å². The van der Waals surface area contributed by atoms with Crippen molar-refractivity contribution in [2.24, 2.45) is 23.7 Å². The molecule has 3 atom stereocenters. The van der Waals surface area contributed by atoms with Crippen molar-refractivity contribution >= 4 is 17.5 Å². The quantitative estimate of drug-likeness (QED) is 0.823. The van der Waals surface area contributed by atoms with Crippen LogP contribution in [0.2, 0.25) is 0 Å². The molecule has 1 aliphatic heterocycles. The lowest BCUT2D eigenvalue weighted by atomic mass is 9.76. The number of hydrogen-bond donors (Lipinski definition) is 1. The van der Waals surface area contributed by atoms with Crippen LogP contribution in [0, 0.1) is 23.7 Å². The van der Waals surface area contributed by atoms with E-state index in [1.165, 1.54) is 24.3 Å². The molecule has 1 fully saturated rings. The van der Waals surface area contributed by atoms with Crippen molar-refractivity contribution < 1.29 is 9.90 Å². The third-order valence-corrected chi connectivity index (χ3v) is 6.36. The van der Waals surface area contributed by atoms with Crippen molar-refractivity contribution in [3.63, 3.8) is 0 Å². The second kappa shape index (κ2) is 7.02. The first-order valence-electron chi connectivity index (χ1n) is 8.01. The molecule has 0 aromatic carbocycles. The molecule has 3 unspecified atom stereocenters. The molecule has 2 aliphatic rings. The number of thioether (sulfide) groups is 1. The van der Waals surface area contributed by atoms with Crippen molar-refractivity contribution in [3.05, 3.63) is 11.3 Å². The van der Waals surface area contributed by atoms with Crippen molar-refractivity contribution in [2.45, 2.75) is 52.9 Å². The van der Waals surface area contributed by atoms with Crippen LogP contribution in [0.5, 0.6) is 0 Å². The largest absolute Gasteiger partial charge is 0.512 e. The summed E-state index contributed by atoms with van der Waals surface area (Å²) in [5, 5.41) is 10.3. The molecule has 1 saturated heterocycles. The third kappa shape index (κ3) is 3.81. The Labute approximate surface area is 127 Å². The molecule has 0 saturated carbocycles. The molecule has 0 aromatic heterocycles. The Morgan fingerprint density at radius 1 is 1.25 bits per heavy atom. The Hall–Kier alpha value is -0.440. The van der Waals surface area contributed by atoms with Crippen LogP contribution in [0.4, 0.5) is 0 Å². The minimum absolute atomic E-state index is 0.210. The van der Waals surface area contributed by atoms with E-state index < -0.39 is 0 Å². The van der Waals surface area contributed by atoms with Gasteiger partial charge >= 0.3 is 0 Å². The van der Waals surface area contributed by atoms with Crippen molar-refractivity contribution in [2.75, 3.05) is 11.5 Å². The van der Waals surface area contributed by atoms with Gasteiger partial charge in [0.25, 0.3) is 0 Å². The number of aliphatic hydroxyl groups excluding tert-OH is 1. The summed E-state index contributed by atoms with van der Waals surface area (Å²) in [6.45, 7) is 6.53. The first kappa shape index (κ1) is 15.9. The lowest BCUT2D eigenvalue weighted by molar-refractivity contribution is -0.118. The number of hydrogen-bond acceptors (Lipinski definition) is 3. The number of rotatable bonds is 4. The fraction of sp³-hybridized carbons (Fsp3) is 0.824. The molecule has 1 heterocycles. The second-order valence-electron chi connectivity index (χ2n) is 6.92. The van der Waals surface area contributed by atoms with E-state index in [0.717, 1.165) is 18.4 Å². The van der Waals surface area contributed by atoms with E-state index in [4.69, 9.17) is 0 Å². The topological polar surface area (TPSA) is 37.3 Å². The average molecular weight is 296 g/mol. The van der Waals surface area contributed by atoms with E-state index in [0.29, 0.717) is 35.9 Å². The van der Waals surface area contributed by atoms with Crippen molar-refractivity contribution in [3.8, 4) is 0 Å². The molecule has 0 spiro atoms. The van der Waals surface area contributed by atoms with Crippen LogP contribution in [-0.4, -0.2) is 22.4 Å². The van der Waals surface area contributed by atoms with Gasteiger partial charge in [-0.15, -0.1) is 0 Å². The van der Waals surface area contributed by atoms with E-state index in [-0.39, 0.29) is 5.78 Å².